The predicted molar refractivity (Wildman–Crippen MR) is 95.9 cm³/mol. The fourth-order valence-electron chi connectivity index (χ4n) is 2.63. The van der Waals surface area contributed by atoms with Crippen molar-refractivity contribution in [3.05, 3.63) is 47.0 Å². The van der Waals surface area contributed by atoms with Crippen molar-refractivity contribution in [2.24, 2.45) is 0 Å². The first kappa shape index (κ1) is 19.6. The minimum Gasteiger partial charge on any atom is -0.459 e. The number of hydrogen-bond donors (Lipinski definition) is 1. The summed E-state index contributed by atoms with van der Waals surface area (Å²) >= 11 is 0. The van der Waals surface area contributed by atoms with Crippen LogP contribution in [0.25, 0.3) is 0 Å². The highest BCUT2D eigenvalue weighted by molar-refractivity contribution is 6.24. The number of ether oxygens (including phenoxy) is 1. The number of carbonyl (C=O) groups is 4. The summed E-state index contributed by atoms with van der Waals surface area (Å²) in [5.41, 5.74) is 0.632. The van der Waals surface area contributed by atoms with Gasteiger partial charge in [0.25, 0.3) is 0 Å². The summed E-state index contributed by atoms with van der Waals surface area (Å²) in [6.45, 7) is 5.06. The van der Waals surface area contributed by atoms with E-state index in [-0.39, 0.29) is 30.4 Å². The molecule has 6 nitrogen and oxygen atoms in total. The zero-order valence-electron chi connectivity index (χ0n) is 15.3. The number of hydrogen-bond acceptors (Lipinski definition) is 5. The van der Waals surface area contributed by atoms with Gasteiger partial charge in [-0.1, -0.05) is 24.3 Å². The topological polar surface area (TPSA) is 89.5 Å². The van der Waals surface area contributed by atoms with Gasteiger partial charge in [-0.2, -0.15) is 0 Å². The zero-order chi connectivity index (χ0) is 19.3. The average Bonchev–Trinajstić information content (AvgIpc) is 2.56. The van der Waals surface area contributed by atoms with Crippen LogP contribution in [0.2, 0.25) is 0 Å². The highest BCUT2D eigenvalue weighted by Crippen LogP contribution is 2.24. The van der Waals surface area contributed by atoms with Crippen LogP contribution in [0.4, 0.5) is 0 Å². The Bertz CT molecular complexity index is 771. The second-order valence-corrected chi connectivity index (χ2v) is 7.13. The van der Waals surface area contributed by atoms with Gasteiger partial charge in [0.1, 0.15) is 12.1 Å². The summed E-state index contributed by atoms with van der Waals surface area (Å²) < 4.78 is 5.10. The maximum Gasteiger partial charge on any atom is 0.325 e. The van der Waals surface area contributed by atoms with Gasteiger partial charge in [-0.3, -0.25) is 19.2 Å². The lowest BCUT2D eigenvalue weighted by Gasteiger charge is -2.19. The Hall–Kier alpha value is -2.76. The molecule has 0 bridgehead atoms. The molecule has 26 heavy (non-hydrogen) atoms. The number of fused-ring (bicyclic) bond motifs is 1. The van der Waals surface area contributed by atoms with Crippen LogP contribution in [-0.4, -0.2) is 35.6 Å². The molecule has 0 unspecified atom stereocenters. The van der Waals surface area contributed by atoms with E-state index in [1.807, 2.05) is 0 Å². The Morgan fingerprint density at radius 2 is 1.73 bits per heavy atom. The van der Waals surface area contributed by atoms with Gasteiger partial charge in [-0.05, 0) is 39.7 Å². The quantitative estimate of drug-likeness (QED) is 0.791. The van der Waals surface area contributed by atoms with Crippen LogP contribution >= 0.6 is 0 Å². The Labute approximate surface area is 152 Å². The molecule has 0 saturated heterocycles. The van der Waals surface area contributed by atoms with Crippen molar-refractivity contribution in [2.45, 2.75) is 45.6 Å². The summed E-state index contributed by atoms with van der Waals surface area (Å²) in [7, 11) is 0. The van der Waals surface area contributed by atoms with Gasteiger partial charge in [0.15, 0.2) is 11.6 Å². The molecule has 0 radical (unpaired) electrons. The van der Waals surface area contributed by atoms with E-state index in [1.165, 1.54) is 6.08 Å². The van der Waals surface area contributed by atoms with E-state index >= 15 is 0 Å². The van der Waals surface area contributed by atoms with Crippen molar-refractivity contribution in [1.82, 2.24) is 5.32 Å². The molecule has 1 aliphatic rings. The van der Waals surface area contributed by atoms with E-state index in [1.54, 1.807) is 45.0 Å². The Kier molecular flexibility index (Phi) is 6.08. The largest absolute Gasteiger partial charge is 0.459 e. The number of ketones is 2. The van der Waals surface area contributed by atoms with Gasteiger partial charge in [-0.15, -0.1) is 0 Å². The van der Waals surface area contributed by atoms with Gasteiger partial charge in [0, 0.05) is 23.1 Å². The minimum absolute atomic E-state index is 0.156. The molecule has 0 fully saturated rings. The third kappa shape index (κ3) is 5.37. The summed E-state index contributed by atoms with van der Waals surface area (Å²) in [5.74, 6) is -1.16. The van der Waals surface area contributed by atoms with Gasteiger partial charge in [0.05, 0.1) is 0 Å². The van der Waals surface area contributed by atoms with E-state index in [0.717, 1.165) is 0 Å². The normalized spacial score (nSPS) is 13.7. The Balaban J connectivity index is 1.79. The van der Waals surface area contributed by atoms with E-state index in [0.29, 0.717) is 29.5 Å². The SMILES string of the molecule is CC(C)(C)OC(=O)CNC(=O)CCCC1=CC(=O)c2ccccc2C1=O. The molecule has 1 aromatic carbocycles. The molecule has 0 aromatic heterocycles. The first-order valence-corrected chi connectivity index (χ1v) is 8.54. The second-order valence-electron chi connectivity index (χ2n) is 7.13. The molecule has 1 aromatic rings. The number of amides is 1. The fourth-order valence-corrected chi connectivity index (χ4v) is 2.63. The number of esters is 1. The van der Waals surface area contributed by atoms with Crippen molar-refractivity contribution in [3.63, 3.8) is 0 Å². The summed E-state index contributed by atoms with van der Waals surface area (Å²) in [4.78, 5) is 47.8. The van der Waals surface area contributed by atoms with Gasteiger partial charge >= 0.3 is 5.97 Å². The predicted octanol–water partition coefficient (Wildman–Crippen LogP) is 2.62. The number of carbonyl (C=O) groups excluding carboxylic acids is 4. The van der Waals surface area contributed by atoms with Crippen LogP contribution in [0.1, 0.15) is 60.7 Å². The molecule has 1 aliphatic carbocycles. The van der Waals surface area contributed by atoms with E-state index in [4.69, 9.17) is 4.74 Å². The number of allylic oxidation sites excluding steroid dienone is 2. The molecule has 0 aliphatic heterocycles. The minimum atomic E-state index is -0.599. The van der Waals surface area contributed by atoms with Crippen LogP contribution < -0.4 is 5.32 Å². The summed E-state index contributed by atoms with van der Waals surface area (Å²) in [6.07, 6.45) is 2.25. The first-order chi connectivity index (χ1) is 12.2. The molecule has 6 heteroatoms. The highest BCUT2D eigenvalue weighted by atomic mass is 16.6. The van der Waals surface area contributed by atoms with E-state index in [9.17, 15) is 19.2 Å². The molecule has 1 N–H and O–H groups in total. The lowest BCUT2D eigenvalue weighted by molar-refractivity contribution is -0.154. The smallest absolute Gasteiger partial charge is 0.325 e. The zero-order valence-corrected chi connectivity index (χ0v) is 15.3. The molecule has 2 rings (SSSR count). The Morgan fingerprint density at radius 1 is 1.08 bits per heavy atom. The van der Waals surface area contributed by atoms with Crippen molar-refractivity contribution >= 4 is 23.4 Å². The number of benzene rings is 1. The molecular weight excluding hydrogens is 334 g/mol. The standard InChI is InChI=1S/C20H23NO5/c1-20(2,3)26-18(24)12-21-17(23)10-6-7-13-11-16(22)14-8-4-5-9-15(14)19(13)25/h4-5,8-9,11H,6-7,10,12H2,1-3H3,(H,21,23). The summed E-state index contributed by atoms with van der Waals surface area (Å²) in [6, 6.07) is 6.71. The van der Waals surface area contributed by atoms with Crippen molar-refractivity contribution in [2.75, 3.05) is 6.54 Å². The monoisotopic (exact) mass is 357 g/mol. The van der Waals surface area contributed by atoms with Gasteiger partial charge in [0.2, 0.25) is 5.91 Å². The van der Waals surface area contributed by atoms with Gasteiger partial charge in [-0.25, -0.2) is 0 Å². The molecule has 0 atom stereocenters. The third-order valence-corrected chi connectivity index (χ3v) is 3.73. The number of nitrogens with one attached hydrogen (secondary N) is 1. The number of rotatable bonds is 6. The lowest BCUT2D eigenvalue weighted by Crippen LogP contribution is -2.34. The molecular formula is C20H23NO5. The maximum atomic E-state index is 12.4. The van der Waals surface area contributed by atoms with Crippen LogP contribution in [0.15, 0.2) is 35.9 Å². The van der Waals surface area contributed by atoms with Gasteiger partial charge < -0.3 is 10.1 Å². The third-order valence-electron chi connectivity index (χ3n) is 3.73. The summed E-state index contributed by atoms with van der Waals surface area (Å²) in [5, 5.41) is 2.49. The van der Waals surface area contributed by atoms with Crippen LogP contribution in [0.3, 0.4) is 0 Å². The fraction of sp³-hybridized carbons (Fsp3) is 0.400. The van der Waals surface area contributed by atoms with Crippen LogP contribution in [-0.2, 0) is 14.3 Å². The van der Waals surface area contributed by atoms with Crippen molar-refractivity contribution in [3.8, 4) is 0 Å². The second kappa shape index (κ2) is 8.08. The number of Topliss-reactive ketones (excluding diaryl/α,β-unsaturated/α-hetero) is 1. The van der Waals surface area contributed by atoms with Crippen LogP contribution in [0, 0.1) is 0 Å². The Morgan fingerprint density at radius 3 is 2.38 bits per heavy atom. The first-order valence-electron chi connectivity index (χ1n) is 8.54. The molecule has 0 spiro atoms. The molecule has 138 valence electrons. The maximum absolute atomic E-state index is 12.4. The average molecular weight is 357 g/mol. The van der Waals surface area contributed by atoms with E-state index < -0.39 is 11.6 Å². The lowest BCUT2D eigenvalue weighted by atomic mass is 9.87. The molecule has 1 amide bonds. The molecule has 0 heterocycles. The van der Waals surface area contributed by atoms with Crippen LogP contribution in [0.5, 0.6) is 0 Å². The molecule has 0 saturated carbocycles. The van der Waals surface area contributed by atoms with Crippen molar-refractivity contribution < 1.29 is 23.9 Å². The van der Waals surface area contributed by atoms with Crippen molar-refractivity contribution in [1.29, 1.82) is 0 Å². The highest BCUT2D eigenvalue weighted by Gasteiger charge is 2.24. The van der Waals surface area contributed by atoms with E-state index in [2.05, 4.69) is 5.32 Å².